The molecule has 0 aliphatic heterocycles. The summed E-state index contributed by atoms with van der Waals surface area (Å²) in [6.45, 7) is 7.51. The number of nitrogens with zero attached hydrogens (tertiary/aromatic N) is 1. The summed E-state index contributed by atoms with van der Waals surface area (Å²) in [5.74, 6) is 0.528. The number of benzene rings is 1. The summed E-state index contributed by atoms with van der Waals surface area (Å²) in [6.07, 6.45) is 0. The molecule has 0 aliphatic rings. The number of nitro benzene ring substituents is 1. The lowest BCUT2D eigenvalue weighted by molar-refractivity contribution is -0.385. The maximum atomic E-state index is 11.0. The van der Waals surface area contributed by atoms with E-state index in [2.05, 4.69) is 0 Å². The van der Waals surface area contributed by atoms with Crippen LogP contribution < -0.4 is 10.5 Å². The van der Waals surface area contributed by atoms with E-state index in [-0.39, 0.29) is 11.1 Å². The lowest BCUT2D eigenvalue weighted by Crippen LogP contribution is -2.15. The Balaban J connectivity index is 3.65. The second kappa shape index (κ2) is 4.24. The predicted octanol–water partition coefficient (Wildman–Crippen LogP) is 2.79. The average molecular weight is 238 g/mol. The molecule has 94 valence electrons. The molecule has 0 spiro atoms. The number of methoxy groups -OCH3 is 1. The quantitative estimate of drug-likeness (QED) is 0.488. The first-order chi connectivity index (χ1) is 7.70. The molecule has 1 aromatic rings. The Morgan fingerprint density at radius 2 is 1.94 bits per heavy atom. The van der Waals surface area contributed by atoms with E-state index >= 15 is 0 Å². The minimum atomic E-state index is -0.416. The van der Waals surface area contributed by atoms with Gasteiger partial charge < -0.3 is 10.5 Å². The molecule has 0 unspecified atom stereocenters. The first-order valence-electron chi connectivity index (χ1n) is 5.32. The number of nitro groups is 1. The van der Waals surface area contributed by atoms with E-state index in [1.807, 2.05) is 20.8 Å². The number of nitrogen functional groups attached to an aromatic ring is 1. The number of anilines is 1. The molecule has 5 heteroatoms. The summed E-state index contributed by atoms with van der Waals surface area (Å²) >= 11 is 0. The molecule has 0 heterocycles. The van der Waals surface area contributed by atoms with Crippen LogP contribution in [-0.4, -0.2) is 12.0 Å². The van der Waals surface area contributed by atoms with Crippen LogP contribution >= 0.6 is 0 Å². The highest BCUT2D eigenvalue weighted by Crippen LogP contribution is 2.41. The van der Waals surface area contributed by atoms with Gasteiger partial charge in [0.25, 0.3) is 5.69 Å². The first-order valence-corrected chi connectivity index (χ1v) is 5.32. The van der Waals surface area contributed by atoms with Crippen molar-refractivity contribution in [1.29, 1.82) is 0 Å². The standard InChI is InChI=1S/C12H18N2O3/c1-7-9(14(15)16)6-8(12(2,3)4)11(17-5)10(7)13/h6H,13H2,1-5H3. The van der Waals surface area contributed by atoms with Crippen LogP contribution in [0.1, 0.15) is 31.9 Å². The van der Waals surface area contributed by atoms with Crippen LogP contribution in [0.25, 0.3) is 0 Å². The number of rotatable bonds is 2. The predicted molar refractivity (Wildman–Crippen MR) is 67.5 cm³/mol. The lowest BCUT2D eigenvalue weighted by atomic mass is 9.84. The van der Waals surface area contributed by atoms with Crippen LogP contribution in [0.15, 0.2) is 6.07 Å². The molecule has 5 nitrogen and oxygen atoms in total. The van der Waals surface area contributed by atoms with Gasteiger partial charge >= 0.3 is 0 Å². The first kappa shape index (κ1) is 13.3. The summed E-state index contributed by atoms with van der Waals surface area (Å²) in [5.41, 5.74) is 7.20. The molecule has 0 saturated carbocycles. The average Bonchev–Trinajstić information content (AvgIpc) is 2.19. The van der Waals surface area contributed by atoms with Crippen LogP contribution in [-0.2, 0) is 5.41 Å². The molecule has 0 fully saturated rings. The molecule has 2 N–H and O–H groups in total. The fourth-order valence-corrected chi connectivity index (χ4v) is 1.73. The van der Waals surface area contributed by atoms with Crippen molar-refractivity contribution in [3.8, 4) is 5.75 Å². The van der Waals surface area contributed by atoms with Crippen molar-refractivity contribution in [3.63, 3.8) is 0 Å². The van der Waals surface area contributed by atoms with Gasteiger partial charge in [-0.1, -0.05) is 20.8 Å². The zero-order valence-electron chi connectivity index (χ0n) is 10.8. The van der Waals surface area contributed by atoms with Crippen molar-refractivity contribution >= 4 is 11.4 Å². The molecule has 0 aromatic heterocycles. The Morgan fingerprint density at radius 3 is 2.29 bits per heavy atom. The lowest BCUT2D eigenvalue weighted by Gasteiger charge is -2.23. The molecule has 0 radical (unpaired) electrons. The minimum Gasteiger partial charge on any atom is -0.494 e. The van der Waals surface area contributed by atoms with E-state index < -0.39 is 4.92 Å². The van der Waals surface area contributed by atoms with Crippen molar-refractivity contribution in [1.82, 2.24) is 0 Å². The van der Waals surface area contributed by atoms with E-state index in [1.165, 1.54) is 7.11 Å². The fraction of sp³-hybridized carbons (Fsp3) is 0.500. The second-order valence-corrected chi connectivity index (χ2v) is 5.02. The number of hydrogen-bond donors (Lipinski definition) is 1. The molecule has 1 rings (SSSR count). The van der Waals surface area contributed by atoms with Crippen LogP contribution in [0.2, 0.25) is 0 Å². The van der Waals surface area contributed by atoms with Gasteiger partial charge in [0.15, 0.2) is 0 Å². The Bertz CT molecular complexity index is 462. The Hall–Kier alpha value is -1.78. The normalized spacial score (nSPS) is 11.4. The van der Waals surface area contributed by atoms with E-state index in [1.54, 1.807) is 13.0 Å². The summed E-state index contributed by atoms with van der Waals surface area (Å²) in [4.78, 5) is 10.5. The summed E-state index contributed by atoms with van der Waals surface area (Å²) in [6, 6.07) is 1.55. The summed E-state index contributed by atoms with van der Waals surface area (Å²) in [5, 5.41) is 11.0. The van der Waals surface area contributed by atoms with Gasteiger partial charge in [0.2, 0.25) is 0 Å². The van der Waals surface area contributed by atoms with Crippen molar-refractivity contribution in [2.45, 2.75) is 33.1 Å². The maximum Gasteiger partial charge on any atom is 0.274 e. The molecular formula is C12H18N2O3. The van der Waals surface area contributed by atoms with Crippen molar-refractivity contribution in [2.24, 2.45) is 0 Å². The Morgan fingerprint density at radius 1 is 1.41 bits per heavy atom. The van der Waals surface area contributed by atoms with Gasteiger partial charge in [0.05, 0.1) is 23.3 Å². The van der Waals surface area contributed by atoms with Crippen molar-refractivity contribution < 1.29 is 9.66 Å². The van der Waals surface area contributed by atoms with Crippen molar-refractivity contribution in [3.05, 3.63) is 27.3 Å². The minimum absolute atomic E-state index is 0.0354. The van der Waals surface area contributed by atoms with Gasteiger partial charge in [-0.05, 0) is 12.3 Å². The van der Waals surface area contributed by atoms with Crippen LogP contribution in [0.4, 0.5) is 11.4 Å². The number of ether oxygens (including phenoxy) is 1. The molecule has 0 amide bonds. The van der Waals surface area contributed by atoms with Crippen LogP contribution in [0.5, 0.6) is 5.75 Å². The molecule has 1 aromatic carbocycles. The Kier molecular flexibility index (Phi) is 3.31. The summed E-state index contributed by atoms with van der Waals surface area (Å²) in [7, 11) is 1.52. The molecular weight excluding hydrogens is 220 g/mol. The third-order valence-corrected chi connectivity index (χ3v) is 2.77. The van der Waals surface area contributed by atoms with E-state index in [4.69, 9.17) is 10.5 Å². The van der Waals surface area contributed by atoms with Gasteiger partial charge in [0.1, 0.15) is 5.75 Å². The molecule has 0 bridgehead atoms. The highest BCUT2D eigenvalue weighted by atomic mass is 16.6. The molecule has 0 aliphatic carbocycles. The number of nitrogens with two attached hydrogens (primary N) is 1. The zero-order chi connectivity index (χ0) is 13.4. The SMILES string of the molecule is COc1c(C(C)(C)C)cc([N+](=O)[O-])c(C)c1N. The van der Waals surface area contributed by atoms with E-state index in [9.17, 15) is 10.1 Å². The van der Waals surface area contributed by atoms with Crippen LogP contribution in [0, 0.1) is 17.0 Å². The summed E-state index contributed by atoms with van der Waals surface area (Å²) < 4.78 is 5.27. The van der Waals surface area contributed by atoms with E-state index in [0.717, 1.165) is 5.56 Å². The van der Waals surface area contributed by atoms with Crippen LogP contribution in [0.3, 0.4) is 0 Å². The molecule has 0 saturated heterocycles. The van der Waals surface area contributed by atoms with E-state index in [0.29, 0.717) is 17.0 Å². The van der Waals surface area contributed by atoms with Gasteiger partial charge in [-0.25, -0.2) is 0 Å². The van der Waals surface area contributed by atoms with Gasteiger partial charge in [-0.2, -0.15) is 0 Å². The second-order valence-electron chi connectivity index (χ2n) is 5.02. The van der Waals surface area contributed by atoms with Crippen molar-refractivity contribution in [2.75, 3.05) is 12.8 Å². The largest absolute Gasteiger partial charge is 0.494 e. The third kappa shape index (κ3) is 2.33. The van der Waals surface area contributed by atoms with Gasteiger partial charge in [-0.15, -0.1) is 0 Å². The Labute approximate surface area is 101 Å². The fourth-order valence-electron chi connectivity index (χ4n) is 1.73. The highest BCUT2D eigenvalue weighted by Gasteiger charge is 2.27. The monoisotopic (exact) mass is 238 g/mol. The van der Waals surface area contributed by atoms with Gasteiger partial charge in [0, 0.05) is 11.6 Å². The smallest absolute Gasteiger partial charge is 0.274 e. The zero-order valence-corrected chi connectivity index (χ0v) is 10.8. The number of hydrogen-bond acceptors (Lipinski definition) is 4. The topological polar surface area (TPSA) is 78.4 Å². The maximum absolute atomic E-state index is 11.0. The van der Waals surface area contributed by atoms with Gasteiger partial charge in [-0.3, -0.25) is 10.1 Å². The highest BCUT2D eigenvalue weighted by molar-refractivity contribution is 5.69. The molecule has 17 heavy (non-hydrogen) atoms. The molecule has 0 atom stereocenters. The third-order valence-electron chi connectivity index (χ3n) is 2.77.